The maximum Gasteiger partial charge on any atom is 0.235 e. The maximum absolute atomic E-state index is 13.9. The van der Waals surface area contributed by atoms with Gasteiger partial charge in [0.2, 0.25) is 17.5 Å². The summed E-state index contributed by atoms with van der Waals surface area (Å²) in [6.07, 6.45) is 0.983. The summed E-state index contributed by atoms with van der Waals surface area (Å²) in [5.41, 5.74) is 0.486. The highest BCUT2D eigenvalue weighted by atomic mass is 19.1. The van der Waals surface area contributed by atoms with Crippen molar-refractivity contribution >= 4 is 5.88 Å². The lowest BCUT2D eigenvalue weighted by molar-refractivity contribution is 0.359. The zero-order valence-electron chi connectivity index (χ0n) is 12.4. The van der Waals surface area contributed by atoms with E-state index in [0.29, 0.717) is 5.88 Å². The van der Waals surface area contributed by atoms with Crippen molar-refractivity contribution in [2.75, 3.05) is 38.1 Å². The lowest BCUT2D eigenvalue weighted by atomic mass is 10.2. The van der Waals surface area contributed by atoms with Gasteiger partial charge in [-0.3, -0.25) is 0 Å². The Hall–Kier alpha value is -2.39. The first kappa shape index (κ1) is 14.5. The summed E-state index contributed by atoms with van der Waals surface area (Å²) < 4.78 is 19.6. The summed E-state index contributed by atoms with van der Waals surface area (Å²) in [6, 6.07) is 8.33. The number of aromatic nitrogens is 1. The third kappa shape index (κ3) is 2.81. The molecular formula is C16H17FN4O. The number of hydrogen-bond acceptors (Lipinski definition) is 5. The van der Waals surface area contributed by atoms with E-state index >= 15 is 0 Å². The Bertz CT molecular complexity index is 706. The Morgan fingerprint density at radius 3 is 2.82 bits per heavy atom. The zero-order valence-corrected chi connectivity index (χ0v) is 12.4. The van der Waals surface area contributed by atoms with Crippen LogP contribution in [0.1, 0.15) is 12.1 Å². The minimum absolute atomic E-state index is 0.155. The van der Waals surface area contributed by atoms with E-state index in [1.54, 1.807) is 18.2 Å². The van der Waals surface area contributed by atoms with Crippen molar-refractivity contribution in [2.45, 2.75) is 6.42 Å². The third-order valence-electron chi connectivity index (χ3n) is 3.83. The van der Waals surface area contributed by atoms with E-state index in [2.05, 4.69) is 23.0 Å². The molecule has 0 unspecified atom stereocenters. The van der Waals surface area contributed by atoms with E-state index in [9.17, 15) is 9.65 Å². The molecule has 0 atom stereocenters. The van der Waals surface area contributed by atoms with E-state index in [1.165, 1.54) is 6.07 Å². The first-order valence-electron chi connectivity index (χ1n) is 7.28. The molecule has 0 spiro atoms. The highest BCUT2D eigenvalue weighted by molar-refractivity contribution is 5.60. The van der Waals surface area contributed by atoms with Crippen LogP contribution in [0.2, 0.25) is 0 Å². The summed E-state index contributed by atoms with van der Waals surface area (Å²) in [7, 11) is 2.07. The molecule has 0 radical (unpaired) electrons. The van der Waals surface area contributed by atoms with E-state index in [-0.39, 0.29) is 17.1 Å². The van der Waals surface area contributed by atoms with Gasteiger partial charge in [0.15, 0.2) is 0 Å². The van der Waals surface area contributed by atoms with E-state index in [4.69, 9.17) is 4.42 Å². The van der Waals surface area contributed by atoms with E-state index < -0.39 is 5.82 Å². The zero-order chi connectivity index (χ0) is 15.5. The summed E-state index contributed by atoms with van der Waals surface area (Å²) in [5, 5.41) is 9.30. The van der Waals surface area contributed by atoms with Gasteiger partial charge in [-0.2, -0.15) is 10.2 Å². The van der Waals surface area contributed by atoms with E-state index in [0.717, 1.165) is 32.6 Å². The molecule has 1 aliphatic rings. The number of hydrogen-bond donors (Lipinski definition) is 0. The fourth-order valence-corrected chi connectivity index (χ4v) is 2.60. The lowest BCUT2D eigenvalue weighted by Crippen LogP contribution is -2.28. The van der Waals surface area contributed by atoms with Crippen LogP contribution in [0, 0.1) is 17.1 Å². The smallest absolute Gasteiger partial charge is 0.235 e. The molecule has 5 nitrogen and oxygen atoms in total. The van der Waals surface area contributed by atoms with Crippen LogP contribution in [0.25, 0.3) is 11.5 Å². The SMILES string of the molecule is CN1CCCN(c2oc(-c3ccccc3F)nc2C#N)CC1. The molecule has 6 heteroatoms. The Labute approximate surface area is 128 Å². The molecule has 2 heterocycles. The summed E-state index contributed by atoms with van der Waals surface area (Å²) in [6.45, 7) is 3.45. The third-order valence-corrected chi connectivity index (χ3v) is 3.83. The summed E-state index contributed by atoms with van der Waals surface area (Å²) in [4.78, 5) is 8.41. The average molecular weight is 300 g/mol. The highest BCUT2D eigenvalue weighted by Crippen LogP contribution is 2.30. The lowest BCUT2D eigenvalue weighted by Gasteiger charge is -2.19. The number of nitriles is 1. The second-order valence-electron chi connectivity index (χ2n) is 5.41. The van der Waals surface area contributed by atoms with Crippen molar-refractivity contribution in [3.05, 3.63) is 35.8 Å². The van der Waals surface area contributed by atoms with E-state index in [1.807, 2.05) is 4.90 Å². The molecule has 22 heavy (non-hydrogen) atoms. The highest BCUT2D eigenvalue weighted by Gasteiger charge is 2.23. The maximum atomic E-state index is 13.9. The number of oxazole rings is 1. The van der Waals surface area contributed by atoms with Crippen LogP contribution in [0.15, 0.2) is 28.7 Å². The largest absolute Gasteiger partial charge is 0.419 e. The van der Waals surface area contributed by atoms with Crippen LogP contribution in [0.5, 0.6) is 0 Å². The quantitative estimate of drug-likeness (QED) is 0.853. The number of anilines is 1. The second-order valence-corrected chi connectivity index (χ2v) is 5.41. The molecule has 1 aromatic heterocycles. The Morgan fingerprint density at radius 2 is 2.05 bits per heavy atom. The van der Waals surface area contributed by atoms with Gasteiger partial charge in [-0.25, -0.2) is 4.39 Å². The van der Waals surface area contributed by atoms with Crippen LogP contribution in [0.3, 0.4) is 0 Å². The van der Waals surface area contributed by atoms with Gasteiger partial charge in [0, 0.05) is 19.6 Å². The molecule has 1 fully saturated rings. The predicted octanol–water partition coefficient (Wildman–Crippen LogP) is 2.49. The normalized spacial score (nSPS) is 16.3. The number of nitrogens with zero attached hydrogens (tertiary/aromatic N) is 4. The summed E-state index contributed by atoms with van der Waals surface area (Å²) >= 11 is 0. The predicted molar refractivity (Wildman–Crippen MR) is 80.9 cm³/mol. The molecule has 0 bridgehead atoms. The minimum Gasteiger partial charge on any atom is -0.419 e. The van der Waals surface area contributed by atoms with Crippen molar-refractivity contribution in [1.82, 2.24) is 9.88 Å². The van der Waals surface area contributed by atoms with Crippen molar-refractivity contribution < 1.29 is 8.81 Å². The molecule has 1 saturated heterocycles. The minimum atomic E-state index is -0.407. The molecule has 0 N–H and O–H groups in total. The molecule has 0 saturated carbocycles. The topological polar surface area (TPSA) is 56.3 Å². The molecule has 0 aliphatic carbocycles. The van der Waals surface area contributed by atoms with Crippen LogP contribution >= 0.6 is 0 Å². The van der Waals surface area contributed by atoms with Gasteiger partial charge in [0.25, 0.3) is 0 Å². The molecule has 1 aromatic carbocycles. The van der Waals surface area contributed by atoms with Gasteiger partial charge >= 0.3 is 0 Å². The van der Waals surface area contributed by atoms with Gasteiger partial charge in [-0.1, -0.05) is 12.1 Å². The molecule has 2 aromatic rings. The fourth-order valence-electron chi connectivity index (χ4n) is 2.60. The average Bonchev–Trinajstić information content (AvgIpc) is 2.83. The van der Waals surface area contributed by atoms with Crippen molar-refractivity contribution in [3.63, 3.8) is 0 Å². The standard InChI is InChI=1S/C16H17FN4O/c1-20-7-4-8-21(10-9-20)16-14(11-18)19-15(22-16)12-5-2-3-6-13(12)17/h2-3,5-6H,4,7-10H2,1H3. The number of halogens is 1. The van der Waals surface area contributed by atoms with Crippen LogP contribution in [-0.2, 0) is 0 Å². The first-order chi connectivity index (χ1) is 10.7. The Morgan fingerprint density at radius 1 is 1.23 bits per heavy atom. The van der Waals surface area contributed by atoms with Crippen LogP contribution in [0.4, 0.5) is 10.3 Å². The van der Waals surface area contributed by atoms with Gasteiger partial charge in [-0.05, 0) is 32.1 Å². The molecule has 1 aliphatic heterocycles. The number of rotatable bonds is 2. The molecular weight excluding hydrogens is 283 g/mol. The van der Waals surface area contributed by atoms with Crippen LogP contribution in [-0.4, -0.2) is 43.1 Å². The van der Waals surface area contributed by atoms with Crippen molar-refractivity contribution in [1.29, 1.82) is 5.26 Å². The van der Waals surface area contributed by atoms with Gasteiger partial charge in [-0.15, -0.1) is 0 Å². The number of benzene rings is 1. The Balaban J connectivity index is 1.96. The van der Waals surface area contributed by atoms with Gasteiger partial charge < -0.3 is 14.2 Å². The van der Waals surface area contributed by atoms with Crippen molar-refractivity contribution in [3.8, 4) is 17.5 Å². The second kappa shape index (κ2) is 6.16. The first-order valence-corrected chi connectivity index (χ1v) is 7.28. The number of likely N-dealkylation sites (N-methyl/N-ethyl adjacent to an activating group) is 1. The fraction of sp³-hybridized carbons (Fsp3) is 0.375. The van der Waals surface area contributed by atoms with Gasteiger partial charge in [0.1, 0.15) is 11.9 Å². The molecule has 0 amide bonds. The van der Waals surface area contributed by atoms with Gasteiger partial charge in [0.05, 0.1) is 5.56 Å². The van der Waals surface area contributed by atoms with Crippen molar-refractivity contribution in [2.24, 2.45) is 0 Å². The molecule has 114 valence electrons. The molecule has 3 rings (SSSR count). The Kier molecular flexibility index (Phi) is 4.07. The summed E-state index contributed by atoms with van der Waals surface area (Å²) in [5.74, 6) is 0.189. The van der Waals surface area contributed by atoms with Crippen LogP contribution < -0.4 is 4.90 Å². The monoisotopic (exact) mass is 300 g/mol.